The second-order valence-corrected chi connectivity index (χ2v) is 8.76. The van der Waals surface area contributed by atoms with Gasteiger partial charge in [-0.2, -0.15) is 0 Å². The lowest BCUT2D eigenvalue weighted by molar-refractivity contribution is 0.305. The van der Waals surface area contributed by atoms with E-state index in [0.717, 1.165) is 12.8 Å². The van der Waals surface area contributed by atoms with Crippen LogP contribution in [0, 0.1) is 16.2 Å². The van der Waals surface area contributed by atoms with E-state index in [1.807, 2.05) is 0 Å². The summed E-state index contributed by atoms with van der Waals surface area (Å²) in [5.41, 5.74) is 10.2. The number of hydrogen-bond donors (Lipinski definition) is 0. The standard InChI is InChI=1S/C25H32/c1-7-17-11-13-21-20(10-4)24(6)16-25(21)15-23(17,5)19(9-3)22(25)14-12-18(24)8-2/h9-14H,7-8,15-16H2,1-6H3/b19-9-,20-10?. The molecule has 4 rings (SSSR count). The Kier molecular flexibility index (Phi) is 3.53. The summed E-state index contributed by atoms with van der Waals surface area (Å²) in [5.74, 6) is 0. The fourth-order valence-electron chi connectivity index (χ4n) is 6.87. The molecule has 1 spiro atoms. The van der Waals surface area contributed by atoms with Crippen molar-refractivity contribution in [1.29, 1.82) is 0 Å². The van der Waals surface area contributed by atoms with E-state index in [1.54, 1.807) is 33.4 Å². The van der Waals surface area contributed by atoms with Gasteiger partial charge in [0, 0.05) is 16.2 Å². The molecule has 3 unspecified atom stereocenters. The van der Waals surface area contributed by atoms with Gasteiger partial charge in [0.25, 0.3) is 0 Å². The Morgan fingerprint density at radius 3 is 1.48 bits per heavy atom. The van der Waals surface area contributed by atoms with Crippen molar-refractivity contribution in [1.82, 2.24) is 0 Å². The topological polar surface area (TPSA) is 0 Å². The molecule has 0 nitrogen and oxygen atoms in total. The van der Waals surface area contributed by atoms with E-state index in [9.17, 15) is 0 Å². The number of allylic oxidation sites excluding steroid dienone is 12. The van der Waals surface area contributed by atoms with E-state index >= 15 is 0 Å². The molecule has 0 aromatic rings. The van der Waals surface area contributed by atoms with Gasteiger partial charge < -0.3 is 0 Å². The van der Waals surface area contributed by atoms with Crippen molar-refractivity contribution in [2.45, 2.75) is 67.2 Å². The number of rotatable bonds is 2. The molecule has 0 amide bonds. The monoisotopic (exact) mass is 332 g/mol. The van der Waals surface area contributed by atoms with Gasteiger partial charge in [0.2, 0.25) is 0 Å². The van der Waals surface area contributed by atoms with Gasteiger partial charge in [-0.3, -0.25) is 0 Å². The molecule has 25 heavy (non-hydrogen) atoms. The van der Waals surface area contributed by atoms with Crippen LogP contribution in [-0.2, 0) is 0 Å². The summed E-state index contributed by atoms with van der Waals surface area (Å²) >= 11 is 0. The minimum Gasteiger partial charge on any atom is -0.0832 e. The van der Waals surface area contributed by atoms with Crippen LogP contribution in [0.4, 0.5) is 0 Å². The van der Waals surface area contributed by atoms with Crippen molar-refractivity contribution in [3.05, 3.63) is 69.9 Å². The maximum absolute atomic E-state index is 2.49. The summed E-state index contributed by atoms with van der Waals surface area (Å²) in [4.78, 5) is 0. The molecular weight excluding hydrogens is 300 g/mol. The minimum absolute atomic E-state index is 0.190. The fourth-order valence-corrected chi connectivity index (χ4v) is 6.87. The number of hydrogen-bond acceptors (Lipinski definition) is 0. The zero-order valence-corrected chi connectivity index (χ0v) is 16.8. The van der Waals surface area contributed by atoms with Crippen LogP contribution in [0.15, 0.2) is 69.9 Å². The molecule has 4 aliphatic rings. The van der Waals surface area contributed by atoms with E-state index < -0.39 is 0 Å². The average molecular weight is 333 g/mol. The summed E-state index contributed by atoms with van der Waals surface area (Å²) in [6, 6.07) is 0. The van der Waals surface area contributed by atoms with E-state index in [2.05, 4.69) is 78.0 Å². The van der Waals surface area contributed by atoms with Crippen LogP contribution in [0.1, 0.15) is 67.2 Å². The molecule has 0 aliphatic heterocycles. The van der Waals surface area contributed by atoms with Gasteiger partial charge in [-0.15, -0.1) is 0 Å². The Balaban J connectivity index is 2.10. The lowest BCUT2D eigenvalue weighted by atomic mass is 9.71. The fraction of sp³-hybridized carbons (Fsp3) is 0.520. The SMILES string of the molecule is CC=C1C2=CC=C(CC)C3(C)CC24CC1(C)C(CC)=CC=C4/C3=C/C. The molecule has 132 valence electrons. The van der Waals surface area contributed by atoms with Gasteiger partial charge in [0.05, 0.1) is 0 Å². The van der Waals surface area contributed by atoms with Crippen molar-refractivity contribution in [3.8, 4) is 0 Å². The molecule has 0 N–H and O–H groups in total. The van der Waals surface area contributed by atoms with Crippen molar-refractivity contribution >= 4 is 0 Å². The first-order chi connectivity index (χ1) is 11.9. The third kappa shape index (κ3) is 1.79. The highest BCUT2D eigenvalue weighted by atomic mass is 14.7. The Bertz CT molecular complexity index is 750. The number of fused-ring (bicyclic) bond motifs is 2. The molecule has 0 radical (unpaired) electrons. The quantitative estimate of drug-likeness (QED) is 0.500. The van der Waals surface area contributed by atoms with E-state index in [4.69, 9.17) is 0 Å². The first-order valence-corrected chi connectivity index (χ1v) is 10.1. The molecule has 0 heterocycles. The van der Waals surface area contributed by atoms with Gasteiger partial charge in [0.1, 0.15) is 0 Å². The molecule has 4 aliphatic carbocycles. The first kappa shape index (κ1) is 16.9. The Hall–Kier alpha value is -1.56. The summed E-state index contributed by atoms with van der Waals surface area (Å²) in [7, 11) is 0. The Labute approximate surface area is 153 Å². The van der Waals surface area contributed by atoms with Crippen LogP contribution in [0.5, 0.6) is 0 Å². The average Bonchev–Trinajstić information content (AvgIpc) is 2.85. The maximum Gasteiger partial charge on any atom is 0.0231 e. The third-order valence-electron chi connectivity index (χ3n) is 7.77. The molecular formula is C25H32. The highest BCUT2D eigenvalue weighted by Crippen LogP contribution is 2.74. The van der Waals surface area contributed by atoms with Crippen LogP contribution in [-0.4, -0.2) is 0 Å². The smallest absolute Gasteiger partial charge is 0.0231 e. The molecule has 2 saturated carbocycles. The Morgan fingerprint density at radius 2 is 1.16 bits per heavy atom. The van der Waals surface area contributed by atoms with Crippen molar-refractivity contribution in [3.63, 3.8) is 0 Å². The molecule has 2 fully saturated rings. The second kappa shape index (κ2) is 5.22. The van der Waals surface area contributed by atoms with Gasteiger partial charge >= 0.3 is 0 Å². The van der Waals surface area contributed by atoms with Gasteiger partial charge in [-0.25, -0.2) is 0 Å². The highest BCUT2D eigenvalue weighted by Gasteiger charge is 2.63. The van der Waals surface area contributed by atoms with Crippen molar-refractivity contribution in [2.24, 2.45) is 16.2 Å². The molecule has 0 aromatic heterocycles. The summed E-state index contributed by atoms with van der Waals surface area (Å²) < 4.78 is 0. The summed E-state index contributed by atoms with van der Waals surface area (Å²) in [6.07, 6.45) is 19.5. The summed E-state index contributed by atoms with van der Waals surface area (Å²) in [5, 5.41) is 0. The lowest BCUT2D eigenvalue weighted by Crippen LogP contribution is -2.22. The van der Waals surface area contributed by atoms with Crippen molar-refractivity contribution in [2.75, 3.05) is 0 Å². The van der Waals surface area contributed by atoms with Crippen molar-refractivity contribution < 1.29 is 0 Å². The predicted octanol–water partition coefficient (Wildman–Crippen LogP) is 7.24. The molecule has 3 atom stereocenters. The highest BCUT2D eigenvalue weighted by molar-refractivity contribution is 5.69. The Morgan fingerprint density at radius 1 is 0.760 bits per heavy atom. The van der Waals surface area contributed by atoms with Crippen LogP contribution in [0.25, 0.3) is 0 Å². The van der Waals surface area contributed by atoms with E-state index in [0.29, 0.717) is 0 Å². The van der Waals surface area contributed by atoms with Crippen LogP contribution >= 0.6 is 0 Å². The largest absolute Gasteiger partial charge is 0.0832 e. The lowest BCUT2D eigenvalue weighted by Gasteiger charge is -2.32. The van der Waals surface area contributed by atoms with Crippen LogP contribution < -0.4 is 0 Å². The first-order valence-electron chi connectivity index (χ1n) is 10.1. The van der Waals surface area contributed by atoms with Crippen LogP contribution in [0.2, 0.25) is 0 Å². The maximum atomic E-state index is 2.49. The van der Waals surface area contributed by atoms with E-state index in [-0.39, 0.29) is 16.2 Å². The van der Waals surface area contributed by atoms with E-state index in [1.165, 1.54) is 12.8 Å². The summed E-state index contributed by atoms with van der Waals surface area (Å²) in [6.45, 7) is 14.1. The molecule has 0 saturated heterocycles. The molecule has 0 heteroatoms. The minimum atomic E-state index is 0.190. The predicted molar refractivity (Wildman–Crippen MR) is 108 cm³/mol. The third-order valence-corrected chi connectivity index (χ3v) is 7.77. The second-order valence-electron chi connectivity index (χ2n) is 8.76. The zero-order chi connectivity index (χ0) is 18.0. The molecule has 0 aromatic carbocycles. The van der Waals surface area contributed by atoms with Crippen LogP contribution in [0.3, 0.4) is 0 Å². The van der Waals surface area contributed by atoms with Gasteiger partial charge in [-0.05, 0) is 61.8 Å². The van der Waals surface area contributed by atoms with Gasteiger partial charge in [-0.1, -0.05) is 75.3 Å². The molecule has 3 bridgehead atoms. The van der Waals surface area contributed by atoms with Gasteiger partial charge in [0.15, 0.2) is 0 Å². The zero-order valence-electron chi connectivity index (χ0n) is 16.8. The normalized spacial score (nSPS) is 42.0.